The molecule has 2 aromatic carbocycles. The maximum Gasteiger partial charge on any atom is 0.191 e. The molecule has 31 heavy (non-hydrogen) atoms. The van der Waals surface area contributed by atoms with Gasteiger partial charge in [0, 0.05) is 19.6 Å². The molecule has 2 aromatic rings. The summed E-state index contributed by atoms with van der Waals surface area (Å²) < 4.78 is 44.2. The number of halogens is 2. The van der Waals surface area contributed by atoms with E-state index in [0.717, 1.165) is 11.6 Å². The number of sulfone groups is 1. The van der Waals surface area contributed by atoms with Crippen LogP contribution in [-0.2, 0) is 21.2 Å². The van der Waals surface area contributed by atoms with Crippen LogP contribution in [0.3, 0.4) is 0 Å². The normalized spacial score (nSPS) is 12.7. The molecule has 0 fully saturated rings. The number of benzene rings is 2. The molecular weight excluding hydrogens is 532 g/mol. The van der Waals surface area contributed by atoms with Crippen molar-refractivity contribution < 1.29 is 17.5 Å². The van der Waals surface area contributed by atoms with Gasteiger partial charge in [-0.25, -0.2) is 12.8 Å². The van der Waals surface area contributed by atoms with Crippen LogP contribution in [0.2, 0.25) is 0 Å². The lowest BCUT2D eigenvalue weighted by atomic mass is 10.2. The Hall–Kier alpha value is -1.72. The zero-order valence-electron chi connectivity index (χ0n) is 17.9. The van der Waals surface area contributed by atoms with E-state index in [9.17, 15) is 12.8 Å². The van der Waals surface area contributed by atoms with Crippen LogP contribution in [0.15, 0.2) is 64.5 Å². The van der Waals surface area contributed by atoms with Gasteiger partial charge in [-0.05, 0) is 30.5 Å². The van der Waals surface area contributed by atoms with Crippen molar-refractivity contribution in [3.8, 4) is 0 Å². The number of hydrogen-bond acceptors (Lipinski definition) is 4. The molecule has 0 saturated heterocycles. The number of guanidine groups is 1. The quantitative estimate of drug-likeness (QED) is 0.248. The van der Waals surface area contributed by atoms with Gasteiger partial charge in [0.05, 0.1) is 19.0 Å². The molecule has 2 N–H and O–H groups in total. The number of hydrogen-bond donors (Lipinski definition) is 2. The molecule has 0 aromatic heterocycles. The first-order valence-electron chi connectivity index (χ1n) is 10.0. The Kier molecular flexibility index (Phi) is 12.7. The highest BCUT2D eigenvalue weighted by molar-refractivity contribution is 14.0. The molecule has 1 unspecified atom stereocenters. The standard InChI is InChI=1S/C22H30FN3O3S.HI/c1-3-24-22(25-13-14-30(27,28)21-12-8-7-11-20(21)23)26-15-18(2)16-29-17-19-9-5-4-6-10-19;/h4-12,18H,3,13-17H2,1-2H3,(H2,24,25,26);1H. The molecule has 6 nitrogen and oxygen atoms in total. The van der Waals surface area contributed by atoms with E-state index in [1.165, 1.54) is 18.2 Å². The van der Waals surface area contributed by atoms with Gasteiger partial charge in [0.2, 0.25) is 0 Å². The molecule has 0 aliphatic carbocycles. The summed E-state index contributed by atoms with van der Waals surface area (Å²) in [4.78, 5) is 4.21. The van der Waals surface area contributed by atoms with E-state index >= 15 is 0 Å². The van der Waals surface area contributed by atoms with Crippen molar-refractivity contribution >= 4 is 39.8 Å². The first-order valence-corrected chi connectivity index (χ1v) is 11.7. The minimum absolute atomic E-state index is 0. The lowest BCUT2D eigenvalue weighted by molar-refractivity contribution is 0.0945. The van der Waals surface area contributed by atoms with E-state index in [2.05, 4.69) is 15.6 Å². The Balaban J connectivity index is 0.00000480. The largest absolute Gasteiger partial charge is 0.376 e. The smallest absolute Gasteiger partial charge is 0.191 e. The molecule has 0 heterocycles. The topological polar surface area (TPSA) is 79.8 Å². The van der Waals surface area contributed by atoms with Crippen molar-refractivity contribution in [3.05, 3.63) is 66.0 Å². The third-order valence-electron chi connectivity index (χ3n) is 4.25. The van der Waals surface area contributed by atoms with Gasteiger partial charge in [-0.2, -0.15) is 0 Å². The van der Waals surface area contributed by atoms with Crippen LogP contribution in [0.1, 0.15) is 19.4 Å². The predicted molar refractivity (Wildman–Crippen MR) is 133 cm³/mol. The fraction of sp³-hybridized carbons (Fsp3) is 0.409. The van der Waals surface area contributed by atoms with Crippen LogP contribution in [0.25, 0.3) is 0 Å². The van der Waals surface area contributed by atoms with E-state index in [0.29, 0.717) is 32.3 Å². The maximum atomic E-state index is 13.8. The minimum Gasteiger partial charge on any atom is -0.376 e. The maximum absolute atomic E-state index is 13.8. The average molecular weight is 563 g/mol. The average Bonchev–Trinajstić information content (AvgIpc) is 2.73. The lowest BCUT2D eigenvalue weighted by Gasteiger charge is -2.14. The van der Waals surface area contributed by atoms with Gasteiger partial charge < -0.3 is 15.4 Å². The molecule has 2 rings (SSSR count). The third kappa shape index (κ3) is 9.96. The van der Waals surface area contributed by atoms with Crippen LogP contribution in [0, 0.1) is 11.7 Å². The highest BCUT2D eigenvalue weighted by Crippen LogP contribution is 2.14. The molecule has 0 spiro atoms. The van der Waals surface area contributed by atoms with Crippen molar-refractivity contribution in [1.29, 1.82) is 0 Å². The fourth-order valence-electron chi connectivity index (χ4n) is 2.70. The summed E-state index contributed by atoms with van der Waals surface area (Å²) in [5.41, 5.74) is 1.12. The number of ether oxygens (including phenoxy) is 1. The molecule has 0 saturated carbocycles. The van der Waals surface area contributed by atoms with Crippen molar-refractivity contribution in [3.63, 3.8) is 0 Å². The minimum atomic E-state index is -3.71. The van der Waals surface area contributed by atoms with Gasteiger partial charge in [0.25, 0.3) is 0 Å². The van der Waals surface area contributed by atoms with Crippen molar-refractivity contribution in [2.45, 2.75) is 25.3 Å². The summed E-state index contributed by atoms with van der Waals surface area (Å²) in [5, 5.41) is 6.09. The van der Waals surface area contributed by atoms with Gasteiger partial charge in [0.15, 0.2) is 15.8 Å². The van der Waals surface area contributed by atoms with Gasteiger partial charge >= 0.3 is 0 Å². The molecular formula is C22H31FIN3O3S. The van der Waals surface area contributed by atoms with E-state index in [4.69, 9.17) is 4.74 Å². The molecule has 9 heteroatoms. The summed E-state index contributed by atoms with van der Waals surface area (Å²) >= 11 is 0. The van der Waals surface area contributed by atoms with Crippen LogP contribution in [0.4, 0.5) is 4.39 Å². The molecule has 172 valence electrons. The SMILES string of the molecule is CCNC(=NCC(C)COCc1ccccc1)NCCS(=O)(=O)c1ccccc1F.I. The second-order valence-electron chi connectivity index (χ2n) is 7.00. The summed E-state index contributed by atoms with van der Waals surface area (Å²) in [5.74, 6) is -0.237. The fourth-order valence-corrected chi connectivity index (χ4v) is 3.95. The molecule has 1 atom stereocenters. The van der Waals surface area contributed by atoms with Crippen molar-refractivity contribution in [1.82, 2.24) is 10.6 Å². The molecule has 0 amide bonds. The van der Waals surface area contributed by atoms with Crippen molar-refractivity contribution in [2.75, 3.05) is 32.0 Å². The Morgan fingerprint density at radius 1 is 1.10 bits per heavy atom. The Bertz CT molecular complexity index is 911. The third-order valence-corrected chi connectivity index (χ3v) is 6.00. The van der Waals surface area contributed by atoms with Crippen molar-refractivity contribution in [2.24, 2.45) is 10.9 Å². The zero-order valence-corrected chi connectivity index (χ0v) is 21.0. The van der Waals surface area contributed by atoms with E-state index in [1.807, 2.05) is 44.2 Å². The molecule has 0 aliphatic rings. The predicted octanol–water partition coefficient (Wildman–Crippen LogP) is 3.63. The first-order chi connectivity index (χ1) is 14.4. The van der Waals surface area contributed by atoms with E-state index < -0.39 is 15.7 Å². The van der Waals surface area contributed by atoms with E-state index in [1.54, 1.807) is 0 Å². The van der Waals surface area contributed by atoms with Crippen LogP contribution >= 0.6 is 24.0 Å². The number of aliphatic imine (C=N–C) groups is 1. The van der Waals surface area contributed by atoms with Crippen LogP contribution in [0.5, 0.6) is 0 Å². The van der Waals surface area contributed by atoms with Gasteiger partial charge in [-0.3, -0.25) is 4.99 Å². The number of nitrogens with zero attached hydrogens (tertiary/aromatic N) is 1. The van der Waals surface area contributed by atoms with Gasteiger partial charge in [-0.15, -0.1) is 24.0 Å². The van der Waals surface area contributed by atoms with E-state index in [-0.39, 0.29) is 47.1 Å². The first kappa shape index (κ1) is 27.3. The van der Waals surface area contributed by atoms with Crippen LogP contribution in [-0.4, -0.2) is 46.4 Å². The molecule has 0 radical (unpaired) electrons. The molecule has 0 bridgehead atoms. The number of rotatable bonds is 11. The summed E-state index contributed by atoms with van der Waals surface area (Å²) in [6.07, 6.45) is 0. The highest BCUT2D eigenvalue weighted by atomic mass is 127. The highest BCUT2D eigenvalue weighted by Gasteiger charge is 2.18. The van der Waals surface area contributed by atoms with Gasteiger partial charge in [0.1, 0.15) is 10.7 Å². The second-order valence-corrected chi connectivity index (χ2v) is 9.08. The Labute approximate surface area is 201 Å². The zero-order chi connectivity index (χ0) is 21.8. The summed E-state index contributed by atoms with van der Waals surface area (Å²) in [6.45, 7) is 6.40. The summed E-state index contributed by atoms with van der Waals surface area (Å²) in [6, 6.07) is 15.4. The summed E-state index contributed by atoms with van der Waals surface area (Å²) in [7, 11) is -3.71. The Morgan fingerprint density at radius 2 is 1.77 bits per heavy atom. The second kappa shape index (κ2) is 14.4. The van der Waals surface area contributed by atoms with Gasteiger partial charge in [-0.1, -0.05) is 49.4 Å². The lowest BCUT2D eigenvalue weighted by Crippen LogP contribution is -2.40. The molecule has 0 aliphatic heterocycles. The Morgan fingerprint density at radius 3 is 2.45 bits per heavy atom. The van der Waals surface area contributed by atoms with Crippen LogP contribution < -0.4 is 10.6 Å². The number of nitrogens with one attached hydrogen (secondary N) is 2. The monoisotopic (exact) mass is 563 g/mol.